The van der Waals surface area contributed by atoms with Crippen LogP contribution in [-0.4, -0.2) is 47.3 Å². The zero-order chi connectivity index (χ0) is 11.8. The summed E-state index contributed by atoms with van der Waals surface area (Å²) in [5.41, 5.74) is -0.589. The van der Waals surface area contributed by atoms with E-state index in [1.54, 1.807) is 0 Å². The zero-order valence-electron chi connectivity index (χ0n) is 10.9. The second-order valence-corrected chi connectivity index (χ2v) is 6.29. The number of fused-ring (bicyclic) bond motifs is 2. The molecular weight excluding hydrogens is 200 g/mol. The van der Waals surface area contributed by atoms with Crippen LogP contribution in [0.3, 0.4) is 0 Å². The summed E-state index contributed by atoms with van der Waals surface area (Å²) in [4.78, 5) is 2.50. The molecule has 0 aromatic heterocycles. The molecule has 3 nitrogen and oxygen atoms in total. The fraction of sp³-hybridized carbons (Fsp3) is 1.00. The molecule has 1 saturated heterocycles. The van der Waals surface area contributed by atoms with E-state index in [0.717, 1.165) is 18.5 Å². The van der Waals surface area contributed by atoms with Crippen molar-refractivity contribution >= 4 is 0 Å². The maximum absolute atomic E-state index is 10.3. The number of likely N-dealkylation sites (tertiary alicyclic amines) is 1. The molecule has 0 aromatic carbocycles. The Morgan fingerprint density at radius 3 is 2.69 bits per heavy atom. The van der Waals surface area contributed by atoms with Gasteiger partial charge in [-0.25, -0.2) is 0 Å². The van der Waals surface area contributed by atoms with Gasteiger partial charge < -0.3 is 10.4 Å². The zero-order valence-corrected chi connectivity index (χ0v) is 10.9. The van der Waals surface area contributed by atoms with Gasteiger partial charge in [0.05, 0.1) is 5.60 Å². The third kappa shape index (κ3) is 2.96. The van der Waals surface area contributed by atoms with E-state index in [-0.39, 0.29) is 0 Å². The van der Waals surface area contributed by atoms with E-state index in [1.165, 1.54) is 25.8 Å². The largest absolute Gasteiger partial charge is 0.388 e. The van der Waals surface area contributed by atoms with E-state index >= 15 is 0 Å². The first-order valence-corrected chi connectivity index (χ1v) is 6.66. The fourth-order valence-corrected chi connectivity index (χ4v) is 3.14. The first-order chi connectivity index (χ1) is 7.46. The molecule has 2 bridgehead atoms. The van der Waals surface area contributed by atoms with E-state index < -0.39 is 5.60 Å². The van der Waals surface area contributed by atoms with Gasteiger partial charge in [0, 0.05) is 31.7 Å². The van der Waals surface area contributed by atoms with Crippen LogP contribution in [0.2, 0.25) is 0 Å². The number of nitrogens with zero attached hydrogens (tertiary/aromatic N) is 1. The molecule has 3 atom stereocenters. The highest BCUT2D eigenvalue weighted by molar-refractivity contribution is 4.95. The highest BCUT2D eigenvalue weighted by Crippen LogP contribution is 2.37. The molecule has 2 rings (SSSR count). The Hall–Kier alpha value is -0.120. The number of β-amino-alcohol motifs (C(OH)–C–C–N with tert-alkyl or cyclic N) is 1. The van der Waals surface area contributed by atoms with E-state index in [2.05, 4.69) is 24.1 Å². The lowest BCUT2D eigenvalue weighted by molar-refractivity contribution is 0.00966. The lowest BCUT2D eigenvalue weighted by Gasteiger charge is -2.34. The summed E-state index contributed by atoms with van der Waals surface area (Å²) >= 11 is 0. The molecule has 3 unspecified atom stereocenters. The normalized spacial score (nSPS) is 33.6. The van der Waals surface area contributed by atoms with E-state index in [1.807, 2.05) is 6.92 Å². The van der Waals surface area contributed by atoms with Gasteiger partial charge in [-0.1, -0.05) is 13.8 Å². The summed E-state index contributed by atoms with van der Waals surface area (Å²) in [6, 6.07) is 1.21. The fourth-order valence-electron chi connectivity index (χ4n) is 3.14. The third-order valence-electron chi connectivity index (χ3n) is 3.96. The van der Waals surface area contributed by atoms with Crippen molar-refractivity contribution in [1.29, 1.82) is 0 Å². The highest BCUT2D eigenvalue weighted by Gasteiger charge is 2.40. The van der Waals surface area contributed by atoms with Gasteiger partial charge in [-0.05, 0) is 32.1 Å². The summed E-state index contributed by atoms with van der Waals surface area (Å²) in [5, 5.41) is 13.7. The number of hydrogen-bond acceptors (Lipinski definition) is 3. The maximum atomic E-state index is 10.3. The Morgan fingerprint density at radius 1 is 1.44 bits per heavy atom. The molecule has 0 spiro atoms. The van der Waals surface area contributed by atoms with Crippen molar-refractivity contribution in [3.63, 3.8) is 0 Å². The molecule has 2 N–H and O–H groups in total. The van der Waals surface area contributed by atoms with Crippen molar-refractivity contribution in [2.75, 3.05) is 19.6 Å². The molecule has 3 heteroatoms. The lowest BCUT2D eigenvalue weighted by Crippen LogP contribution is -2.50. The van der Waals surface area contributed by atoms with Crippen molar-refractivity contribution in [3.8, 4) is 0 Å². The van der Waals surface area contributed by atoms with Crippen molar-refractivity contribution in [3.05, 3.63) is 0 Å². The SMILES string of the molecule is CC(C)NCC(C)(O)CN1CC2CCC1C2. The van der Waals surface area contributed by atoms with Crippen molar-refractivity contribution in [1.82, 2.24) is 10.2 Å². The minimum absolute atomic E-state index is 0.446. The number of rotatable bonds is 5. The summed E-state index contributed by atoms with van der Waals surface area (Å²) in [6.45, 7) is 8.92. The Labute approximate surface area is 99.2 Å². The van der Waals surface area contributed by atoms with Crippen LogP contribution in [0, 0.1) is 5.92 Å². The average Bonchev–Trinajstić information content (AvgIpc) is 2.75. The topological polar surface area (TPSA) is 35.5 Å². The van der Waals surface area contributed by atoms with Gasteiger partial charge >= 0.3 is 0 Å². The molecule has 0 aromatic rings. The number of aliphatic hydroxyl groups is 1. The van der Waals surface area contributed by atoms with E-state index in [4.69, 9.17) is 0 Å². The molecule has 1 saturated carbocycles. The monoisotopic (exact) mass is 226 g/mol. The molecule has 1 aliphatic carbocycles. The molecule has 0 radical (unpaired) electrons. The van der Waals surface area contributed by atoms with Crippen LogP contribution in [0.15, 0.2) is 0 Å². The Kier molecular flexibility index (Phi) is 3.57. The van der Waals surface area contributed by atoms with Crippen LogP contribution in [-0.2, 0) is 0 Å². The van der Waals surface area contributed by atoms with Gasteiger partial charge in [-0.3, -0.25) is 4.90 Å². The van der Waals surface area contributed by atoms with Gasteiger partial charge in [0.25, 0.3) is 0 Å². The number of hydrogen-bond donors (Lipinski definition) is 2. The van der Waals surface area contributed by atoms with Crippen molar-refractivity contribution in [2.24, 2.45) is 5.92 Å². The van der Waals surface area contributed by atoms with Crippen LogP contribution < -0.4 is 5.32 Å². The molecule has 2 aliphatic rings. The molecular formula is C13H26N2O. The Bertz CT molecular complexity index is 240. The molecule has 2 fully saturated rings. The minimum atomic E-state index is -0.589. The van der Waals surface area contributed by atoms with Crippen LogP contribution in [0.4, 0.5) is 0 Å². The van der Waals surface area contributed by atoms with Crippen LogP contribution in [0.25, 0.3) is 0 Å². The first kappa shape index (κ1) is 12.3. The first-order valence-electron chi connectivity index (χ1n) is 6.66. The summed E-state index contributed by atoms with van der Waals surface area (Å²) < 4.78 is 0. The van der Waals surface area contributed by atoms with Gasteiger partial charge in [0.2, 0.25) is 0 Å². The summed E-state index contributed by atoms with van der Waals surface area (Å²) in [6.07, 6.45) is 4.12. The number of piperidine rings is 1. The highest BCUT2D eigenvalue weighted by atomic mass is 16.3. The van der Waals surface area contributed by atoms with Gasteiger partial charge in [0.1, 0.15) is 0 Å². The minimum Gasteiger partial charge on any atom is -0.388 e. The van der Waals surface area contributed by atoms with Gasteiger partial charge in [-0.15, -0.1) is 0 Å². The molecule has 94 valence electrons. The van der Waals surface area contributed by atoms with Crippen molar-refractivity contribution in [2.45, 2.75) is 57.7 Å². The summed E-state index contributed by atoms with van der Waals surface area (Å²) in [5.74, 6) is 0.916. The second kappa shape index (κ2) is 4.63. The Balaban J connectivity index is 1.79. The van der Waals surface area contributed by atoms with Crippen LogP contribution >= 0.6 is 0 Å². The Morgan fingerprint density at radius 2 is 2.19 bits per heavy atom. The predicted octanol–water partition coefficient (Wildman–Crippen LogP) is 1.22. The maximum Gasteiger partial charge on any atom is 0.0869 e. The lowest BCUT2D eigenvalue weighted by atomic mass is 10.0. The molecule has 1 aliphatic heterocycles. The van der Waals surface area contributed by atoms with Gasteiger partial charge in [-0.2, -0.15) is 0 Å². The standard InChI is InChI=1S/C13H26N2O/c1-10(2)14-8-13(3,16)9-15-7-11-4-5-12(15)6-11/h10-12,14,16H,4-9H2,1-3H3. The molecule has 16 heavy (non-hydrogen) atoms. The molecule has 0 amide bonds. The van der Waals surface area contributed by atoms with Gasteiger partial charge in [0.15, 0.2) is 0 Å². The second-order valence-electron chi connectivity index (χ2n) is 6.29. The number of nitrogens with one attached hydrogen (secondary N) is 1. The average molecular weight is 226 g/mol. The molecule has 1 heterocycles. The quantitative estimate of drug-likeness (QED) is 0.740. The van der Waals surface area contributed by atoms with Crippen molar-refractivity contribution < 1.29 is 5.11 Å². The van der Waals surface area contributed by atoms with E-state index in [0.29, 0.717) is 12.6 Å². The summed E-state index contributed by atoms with van der Waals surface area (Å²) in [7, 11) is 0. The predicted molar refractivity (Wildman–Crippen MR) is 66.5 cm³/mol. The van der Waals surface area contributed by atoms with Crippen LogP contribution in [0.1, 0.15) is 40.0 Å². The van der Waals surface area contributed by atoms with Crippen LogP contribution in [0.5, 0.6) is 0 Å². The smallest absolute Gasteiger partial charge is 0.0869 e. The third-order valence-corrected chi connectivity index (χ3v) is 3.96. The van der Waals surface area contributed by atoms with E-state index in [9.17, 15) is 5.11 Å².